The lowest BCUT2D eigenvalue weighted by Crippen LogP contribution is -2.16. The van der Waals surface area contributed by atoms with Crippen LogP contribution < -0.4 is 4.90 Å². The van der Waals surface area contributed by atoms with Crippen LogP contribution in [0.1, 0.15) is 25.0 Å². The summed E-state index contributed by atoms with van der Waals surface area (Å²) >= 11 is 0. The van der Waals surface area contributed by atoms with Gasteiger partial charge < -0.3 is 9.47 Å². The number of hydrogen-bond donors (Lipinski definition) is 0. The van der Waals surface area contributed by atoms with Crippen LogP contribution in [0.2, 0.25) is 0 Å². The number of fused-ring (bicyclic) bond motifs is 7. The first-order valence-electron chi connectivity index (χ1n) is 19.8. The minimum atomic E-state index is -0.106. The third kappa shape index (κ3) is 5.40. The lowest BCUT2D eigenvalue weighted by Gasteiger charge is -2.28. The maximum Gasteiger partial charge on any atom is 0.0547 e. The topological polar surface area (TPSA) is 8.17 Å². The van der Waals surface area contributed by atoms with Crippen molar-refractivity contribution in [2.45, 2.75) is 19.3 Å². The molecule has 2 nitrogen and oxygen atoms in total. The van der Waals surface area contributed by atoms with Gasteiger partial charge in [0.1, 0.15) is 0 Å². The van der Waals surface area contributed by atoms with Crippen molar-refractivity contribution in [1.82, 2.24) is 4.57 Å². The second kappa shape index (κ2) is 13.0. The summed E-state index contributed by atoms with van der Waals surface area (Å²) in [5.41, 5.74) is 17.0. The molecule has 1 heterocycles. The minimum absolute atomic E-state index is 0.106. The Labute approximate surface area is 333 Å². The number of rotatable bonds is 6. The van der Waals surface area contributed by atoms with Gasteiger partial charge in [-0.25, -0.2) is 0 Å². The molecule has 0 unspecified atom stereocenters. The molecule has 1 aliphatic rings. The second-order valence-corrected chi connectivity index (χ2v) is 15.8. The van der Waals surface area contributed by atoms with Crippen molar-refractivity contribution < 1.29 is 0 Å². The van der Waals surface area contributed by atoms with Gasteiger partial charge in [-0.2, -0.15) is 0 Å². The third-order valence-electron chi connectivity index (χ3n) is 12.2. The van der Waals surface area contributed by atoms with Crippen LogP contribution in [-0.4, -0.2) is 4.57 Å². The SMILES string of the molecule is CC1(C)c2ccccc2-c2ccc(N(c3ccc(-c4ccccc4)cc3)c3cccc(-c4ccc5c6ccccc6n(-c6ccc7ccccc7c6)c5c4)c3)cc21. The van der Waals surface area contributed by atoms with Gasteiger partial charge in [0.05, 0.1) is 11.0 Å². The molecule has 11 rings (SSSR count). The van der Waals surface area contributed by atoms with Gasteiger partial charge in [-0.15, -0.1) is 0 Å². The van der Waals surface area contributed by atoms with Gasteiger partial charge in [0.15, 0.2) is 0 Å². The maximum atomic E-state index is 2.43. The van der Waals surface area contributed by atoms with Crippen LogP contribution in [0.25, 0.3) is 71.6 Å². The molecule has 0 fully saturated rings. The number of nitrogens with zero attached hydrogens (tertiary/aromatic N) is 2. The molecule has 9 aromatic carbocycles. The van der Waals surface area contributed by atoms with Crippen molar-refractivity contribution in [1.29, 1.82) is 0 Å². The van der Waals surface area contributed by atoms with E-state index in [1.165, 1.54) is 77.1 Å². The molecule has 0 atom stereocenters. The average molecular weight is 729 g/mol. The molecular weight excluding hydrogens is 689 g/mol. The third-order valence-corrected chi connectivity index (χ3v) is 12.2. The van der Waals surface area contributed by atoms with Crippen LogP contribution in [-0.2, 0) is 5.41 Å². The van der Waals surface area contributed by atoms with Crippen LogP contribution in [0.5, 0.6) is 0 Å². The summed E-state index contributed by atoms with van der Waals surface area (Å²) in [5.74, 6) is 0. The Morgan fingerprint density at radius 2 is 1.00 bits per heavy atom. The van der Waals surface area contributed by atoms with E-state index in [-0.39, 0.29) is 5.41 Å². The molecule has 0 bridgehead atoms. The summed E-state index contributed by atoms with van der Waals surface area (Å²) in [7, 11) is 0. The van der Waals surface area contributed by atoms with Gasteiger partial charge >= 0.3 is 0 Å². The first-order valence-corrected chi connectivity index (χ1v) is 19.8. The Hall–Kier alpha value is -7.16. The fourth-order valence-corrected chi connectivity index (χ4v) is 9.28. The molecule has 2 heteroatoms. The van der Waals surface area contributed by atoms with Crippen molar-refractivity contribution in [2.75, 3.05) is 4.90 Å². The average Bonchev–Trinajstić information content (AvgIpc) is 3.72. The highest BCUT2D eigenvalue weighted by molar-refractivity contribution is 6.10. The molecule has 1 aliphatic carbocycles. The van der Waals surface area contributed by atoms with Crippen LogP contribution >= 0.6 is 0 Å². The Morgan fingerprint density at radius 3 is 1.88 bits per heavy atom. The van der Waals surface area contributed by atoms with Crippen LogP contribution in [0.4, 0.5) is 17.1 Å². The molecule has 0 spiro atoms. The van der Waals surface area contributed by atoms with Crippen molar-refractivity contribution in [3.63, 3.8) is 0 Å². The zero-order chi connectivity index (χ0) is 38.1. The van der Waals surface area contributed by atoms with E-state index in [0.717, 1.165) is 22.7 Å². The monoisotopic (exact) mass is 728 g/mol. The Balaban J connectivity index is 1.06. The zero-order valence-electron chi connectivity index (χ0n) is 32.0. The van der Waals surface area contributed by atoms with Gasteiger partial charge in [0.25, 0.3) is 0 Å². The zero-order valence-corrected chi connectivity index (χ0v) is 32.0. The van der Waals surface area contributed by atoms with E-state index in [4.69, 9.17) is 0 Å². The molecule has 0 N–H and O–H groups in total. The van der Waals surface area contributed by atoms with E-state index in [1.807, 2.05) is 0 Å². The molecule has 10 aromatic rings. The van der Waals surface area contributed by atoms with Gasteiger partial charge in [0.2, 0.25) is 0 Å². The van der Waals surface area contributed by atoms with Gasteiger partial charge in [-0.1, -0.05) is 159 Å². The highest BCUT2D eigenvalue weighted by atomic mass is 15.1. The van der Waals surface area contributed by atoms with E-state index in [0.29, 0.717) is 0 Å². The molecule has 0 saturated carbocycles. The van der Waals surface area contributed by atoms with Gasteiger partial charge in [-0.3, -0.25) is 0 Å². The molecule has 270 valence electrons. The Bertz CT molecular complexity index is 3150. The molecule has 0 saturated heterocycles. The normalized spacial score (nSPS) is 12.9. The second-order valence-electron chi connectivity index (χ2n) is 15.8. The van der Waals surface area contributed by atoms with Crippen LogP contribution in [0.15, 0.2) is 206 Å². The number of anilines is 3. The quantitative estimate of drug-likeness (QED) is 0.165. The fourth-order valence-electron chi connectivity index (χ4n) is 9.28. The standard InChI is InChI=1S/C55H40N2/c1-55(2)51-21-10-8-19-47(51)48-32-30-46(36-52(48)55)56(43-27-23-39(24-28-43)37-13-4-3-5-14-37)44-18-12-17-41(34-44)42-26-31-50-49-20-9-11-22-53(49)57(54(50)35-42)45-29-25-38-15-6-7-16-40(38)33-45/h3-36H,1-2H3. The van der Waals surface area contributed by atoms with Crippen molar-refractivity contribution in [2.24, 2.45) is 0 Å². The minimum Gasteiger partial charge on any atom is -0.310 e. The van der Waals surface area contributed by atoms with E-state index >= 15 is 0 Å². The largest absolute Gasteiger partial charge is 0.310 e. The Morgan fingerprint density at radius 1 is 0.368 bits per heavy atom. The van der Waals surface area contributed by atoms with E-state index in [1.54, 1.807) is 0 Å². The molecule has 0 radical (unpaired) electrons. The summed E-state index contributed by atoms with van der Waals surface area (Å²) in [6.07, 6.45) is 0. The number of benzene rings is 9. The summed E-state index contributed by atoms with van der Waals surface area (Å²) in [6.45, 7) is 4.71. The molecule has 0 aliphatic heterocycles. The highest BCUT2D eigenvalue weighted by Crippen LogP contribution is 2.51. The fraction of sp³-hybridized carbons (Fsp3) is 0.0545. The van der Waals surface area contributed by atoms with E-state index < -0.39 is 0 Å². The summed E-state index contributed by atoms with van der Waals surface area (Å²) in [4.78, 5) is 2.42. The van der Waals surface area contributed by atoms with E-state index in [9.17, 15) is 0 Å². The number of para-hydroxylation sites is 1. The summed E-state index contributed by atoms with van der Waals surface area (Å²) < 4.78 is 2.43. The van der Waals surface area contributed by atoms with Crippen LogP contribution in [0.3, 0.4) is 0 Å². The maximum absolute atomic E-state index is 2.43. The first kappa shape index (κ1) is 33.2. The molecule has 57 heavy (non-hydrogen) atoms. The van der Waals surface area contributed by atoms with E-state index in [2.05, 4.69) is 230 Å². The van der Waals surface area contributed by atoms with Crippen LogP contribution in [0, 0.1) is 0 Å². The molecule has 0 amide bonds. The first-order chi connectivity index (χ1) is 28.0. The summed E-state index contributed by atoms with van der Waals surface area (Å²) in [5, 5.41) is 4.99. The highest BCUT2D eigenvalue weighted by Gasteiger charge is 2.35. The van der Waals surface area contributed by atoms with Crippen molar-refractivity contribution in [3.8, 4) is 39.1 Å². The smallest absolute Gasteiger partial charge is 0.0547 e. The number of hydrogen-bond acceptors (Lipinski definition) is 1. The van der Waals surface area contributed by atoms with Crippen molar-refractivity contribution >= 4 is 49.6 Å². The van der Waals surface area contributed by atoms with Gasteiger partial charge in [-0.05, 0) is 116 Å². The lowest BCUT2D eigenvalue weighted by atomic mass is 9.82. The predicted molar refractivity (Wildman–Crippen MR) is 241 cm³/mol. The summed E-state index contributed by atoms with van der Waals surface area (Å²) in [6, 6.07) is 75.7. The molecular formula is C55H40N2. The predicted octanol–water partition coefficient (Wildman–Crippen LogP) is 15.0. The lowest BCUT2D eigenvalue weighted by molar-refractivity contribution is 0.660. The Kier molecular flexibility index (Phi) is 7.55. The van der Waals surface area contributed by atoms with Gasteiger partial charge in [0, 0.05) is 38.9 Å². The van der Waals surface area contributed by atoms with Crippen molar-refractivity contribution in [3.05, 3.63) is 217 Å². The molecule has 1 aromatic heterocycles. The number of aromatic nitrogens is 1.